The summed E-state index contributed by atoms with van der Waals surface area (Å²) in [5.41, 5.74) is 0.825. The first-order valence-corrected chi connectivity index (χ1v) is 5.99. The van der Waals surface area contributed by atoms with Crippen molar-refractivity contribution >= 4 is 16.2 Å². The van der Waals surface area contributed by atoms with E-state index in [0.717, 1.165) is 5.56 Å². The fourth-order valence-electron chi connectivity index (χ4n) is 0.949. The number of nitrogens with one attached hydrogen (secondary N) is 1. The van der Waals surface area contributed by atoms with Crippen molar-refractivity contribution in [2.75, 3.05) is 6.54 Å². The van der Waals surface area contributed by atoms with E-state index in [-0.39, 0.29) is 6.61 Å². The van der Waals surface area contributed by atoms with Gasteiger partial charge < -0.3 is 4.74 Å². The highest BCUT2D eigenvalue weighted by Crippen LogP contribution is 2.00. The maximum Gasteiger partial charge on any atom is 0.321 e. The number of carbonyl (C=O) groups excluding carboxylic acids is 1. The normalized spacial score (nSPS) is 11.1. The Hall–Kier alpha value is -1.44. The number of hydrogen-bond acceptors (Lipinski definition) is 4. The van der Waals surface area contributed by atoms with Crippen LogP contribution in [0.3, 0.4) is 0 Å². The molecule has 1 aromatic rings. The van der Waals surface area contributed by atoms with Crippen molar-refractivity contribution < 1.29 is 17.9 Å². The molecule has 0 aliphatic carbocycles. The molecule has 1 aromatic carbocycles. The molecule has 0 atom stereocenters. The molecule has 0 bridgehead atoms. The van der Waals surface area contributed by atoms with Gasteiger partial charge in [0.05, 0.1) is 0 Å². The summed E-state index contributed by atoms with van der Waals surface area (Å²) in [5, 5.41) is 4.64. The van der Waals surface area contributed by atoms with E-state index in [1.165, 1.54) is 0 Å². The lowest BCUT2D eigenvalue weighted by Gasteiger charge is -2.04. The van der Waals surface area contributed by atoms with Crippen LogP contribution < -0.4 is 9.86 Å². The third-order valence-corrected chi connectivity index (χ3v) is 2.21. The minimum atomic E-state index is -3.85. The van der Waals surface area contributed by atoms with E-state index in [4.69, 9.17) is 4.74 Å². The zero-order valence-corrected chi connectivity index (χ0v) is 9.24. The van der Waals surface area contributed by atoms with Crippen molar-refractivity contribution in [1.29, 1.82) is 0 Å². The number of rotatable bonds is 5. The van der Waals surface area contributed by atoms with Gasteiger partial charge in [0.25, 0.3) is 10.2 Å². The van der Waals surface area contributed by atoms with Gasteiger partial charge in [0.15, 0.2) is 0 Å². The molecule has 88 valence electrons. The van der Waals surface area contributed by atoms with Crippen LogP contribution >= 0.6 is 0 Å². The van der Waals surface area contributed by atoms with Gasteiger partial charge >= 0.3 is 5.97 Å². The van der Waals surface area contributed by atoms with Gasteiger partial charge in [-0.05, 0) is 5.56 Å². The molecule has 0 aromatic heterocycles. The topological polar surface area (TPSA) is 98.5 Å². The molecule has 0 heterocycles. The van der Waals surface area contributed by atoms with Crippen LogP contribution in [0.25, 0.3) is 0 Å². The van der Waals surface area contributed by atoms with E-state index < -0.39 is 22.7 Å². The van der Waals surface area contributed by atoms with Crippen molar-refractivity contribution in [1.82, 2.24) is 4.72 Å². The second-order valence-corrected chi connectivity index (χ2v) is 4.39. The summed E-state index contributed by atoms with van der Waals surface area (Å²) < 4.78 is 27.6. The molecule has 0 amide bonds. The summed E-state index contributed by atoms with van der Waals surface area (Å²) in [7, 11) is -3.85. The van der Waals surface area contributed by atoms with Gasteiger partial charge in [0, 0.05) is 0 Å². The summed E-state index contributed by atoms with van der Waals surface area (Å²) in [6.07, 6.45) is 0. The van der Waals surface area contributed by atoms with Crippen molar-refractivity contribution in [2.45, 2.75) is 6.61 Å². The zero-order valence-electron chi connectivity index (χ0n) is 8.42. The summed E-state index contributed by atoms with van der Waals surface area (Å²) in [5.74, 6) is -0.683. The monoisotopic (exact) mass is 244 g/mol. The quantitative estimate of drug-likeness (QED) is 0.683. The van der Waals surface area contributed by atoms with Crippen molar-refractivity contribution in [2.24, 2.45) is 5.14 Å². The second kappa shape index (κ2) is 5.59. The van der Waals surface area contributed by atoms with Crippen LogP contribution in [0.1, 0.15) is 5.56 Å². The molecular weight excluding hydrogens is 232 g/mol. The molecule has 0 fully saturated rings. The van der Waals surface area contributed by atoms with Crippen LogP contribution in [0.4, 0.5) is 0 Å². The van der Waals surface area contributed by atoms with Gasteiger partial charge in [-0.25, -0.2) is 5.14 Å². The summed E-state index contributed by atoms with van der Waals surface area (Å²) in [6, 6.07) is 9.05. The summed E-state index contributed by atoms with van der Waals surface area (Å²) in [4.78, 5) is 11.1. The van der Waals surface area contributed by atoms with Crippen LogP contribution in [0, 0.1) is 0 Å². The third-order valence-electron chi connectivity index (χ3n) is 1.66. The molecule has 0 spiro atoms. The van der Waals surface area contributed by atoms with Crippen LogP contribution in [0.15, 0.2) is 30.3 Å². The van der Waals surface area contributed by atoms with E-state index in [0.29, 0.717) is 0 Å². The molecular formula is C9H12N2O4S. The Balaban J connectivity index is 2.31. The van der Waals surface area contributed by atoms with E-state index in [1.54, 1.807) is 12.1 Å². The first-order chi connectivity index (χ1) is 7.47. The van der Waals surface area contributed by atoms with Gasteiger partial charge in [-0.15, -0.1) is 0 Å². The van der Waals surface area contributed by atoms with Crippen molar-refractivity contribution in [3.8, 4) is 0 Å². The molecule has 0 aliphatic heterocycles. The number of carbonyl (C=O) groups is 1. The molecule has 0 radical (unpaired) electrons. The first-order valence-electron chi connectivity index (χ1n) is 4.44. The predicted molar refractivity (Wildman–Crippen MR) is 57.3 cm³/mol. The number of esters is 1. The fourth-order valence-corrected chi connectivity index (χ4v) is 1.27. The fraction of sp³-hybridized carbons (Fsp3) is 0.222. The Morgan fingerprint density at radius 2 is 1.94 bits per heavy atom. The molecule has 1 rings (SSSR count). The molecule has 0 saturated heterocycles. The average Bonchev–Trinajstić information content (AvgIpc) is 2.24. The lowest BCUT2D eigenvalue weighted by Crippen LogP contribution is -2.35. The van der Waals surface area contributed by atoms with E-state index >= 15 is 0 Å². The maximum atomic E-state index is 11.1. The van der Waals surface area contributed by atoms with Gasteiger partial charge in [-0.3, -0.25) is 4.79 Å². The molecule has 0 aliphatic rings. The number of hydrogen-bond donors (Lipinski definition) is 2. The lowest BCUT2D eigenvalue weighted by atomic mass is 10.2. The SMILES string of the molecule is NS(=O)(=O)NCC(=O)OCc1ccccc1. The van der Waals surface area contributed by atoms with Gasteiger partial charge in [-0.2, -0.15) is 13.1 Å². The molecule has 6 nitrogen and oxygen atoms in total. The van der Waals surface area contributed by atoms with Crippen LogP contribution in [0.2, 0.25) is 0 Å². The Morgan fingerprint density at radius 3 is 2.50 bits per heavy atom. The van der Waals surface area contributed by atoms with Gasteiger partial charge in [0.1, 0.15) is 13.2 Å². The summed E-state index contributed by atoms with van der Waals surface area (Å²) >= 11 is 0. The Morgan fingerprint density at radius 1 is 1.31 bits per heavy atom. The highest BCUT2D eigenvalue weighted by atomic mass is 32.2. The van der Waals surface area contributed by atoms with Crippen LogP contribution in [-0.2, 0) is 26.3 Å². The van der Waals surface area contributed by atoms with Crippen LogP contribution in [0.5, 0.6) is 0 Å². The minimum absolute atomic E-state index is 0.103. The average molecular weight is 244 g/mol. The van der Waals surface area contributed by atoms with Gasteiger partial charge in [-0.1, -0.05) is 30.3 Å². The molecule has 7 heteroatoms. The van der Waals surface area contributed by atoms with Crippen LogP contribution in [-0.4, -0.2) is 20.9 Å². The van der Waals surface area contributed by atoms with Crippen molar-refractivity contribution in [3.05, 3.63) is 35.9 Å². The summed E-state index contributed by atoms with van der Waals surface area (Å²) in [6.45, 7) is -0.363. The second-order valence-electron chi connectivity index (χ2n) is 3.01. The number of ether oxygens (including phenoxy) is 1. The number of nitrogens with two attached hydrogens (primary N) is 1. The van der Waals surface area contributed by atoms with E-state index in [2.05, 4.69) is 5.14 Å². The highest BCUT2D eigenvalue weighted by Gasteiger charge is 2.07. The zero-order chi connectivity index (χ0) is 12.0. The predicted octanol–water partition coefficient (Wildman–Crippen LogP) is -0.477. The van der Waals surface area contributed by atoms with E-state index in [1.807, 2.05) is 22.9 Å². The molecule has 0 unspecified atom stereocenters. The lowest BCUT2D eigenvalue weighted by molar-refractivity contribution is -0.143. The largest absolute Gasteiger partial charge is 0.460 e. The molecule has 3 N–H and O–H groups in total. The minimum Gasteiger partial charge on any atom is -0.460 e. The third kappa shape index (κ3) is 5.44. The Labute approximate surface area is 93.6 Å². The van der Waals surface area contributed by atoms with Crippen molar-refractivity contribution in [3.63, 3.8) is 0 Å². The standard InChI is InChI=1S/C9H12N2O4S/c10-16(13,14)11-6-9(12)15-7-8-4-2-1-3-5-8/h1-5,11H,6-7H2,(H2,10,13,14). The molecule has 0 saturated carbocycles. The highest BCUT2D eigenvalue weighted by molar-refractivity contribution is 7.87. The Kier molecular flexibility index (Phi) is 4.41. The smallest absolute Gasteiger partial charge is 0.321 e. The maximum absolute atomic E-state index is 11.1. The number of benzene rings is 1. The van der Waals surface area contributed by atoms with E-state index in [9.17, 15) is 13.2 Å². The Bertz CT molecular complexity index is 444. The first kappa shape index (κ1) is 12.6. The van der Waals surface area contributed by atoms with Gasteiger partial charge in [0.2, 0.25) is 0 Å². The molecule has 16 heavy (non-hydrogen) atoms.